The molecule has 1 saturated heterocycles. The fraction of sp³-hybridized carbons (Fsp3) is 0.348. The lowest BCUT2D eigenvalue weighted by Crippen LogP contribution is -2.42. The summed E-state index contributed by atoms with van der Waals surface area (Å²) in [7, 11) is 0. The van der Waals surface area contributed by atoms with Crippen LogP contribution in [-0.4, -0.2) is 35.7 Å². The topological polar surface area (TPSA) is 78.5 Å². The van der Waals surface area contributed by atoms with Gasteiger partial charge in [-0.25, -0.2) is 4.39 Å². The lowest BCUT2D eigenvalue weighted by atomic mass is 9.91. The second-order valence-electron chi connectivity index (χ2n) is 8.03. The Morgan fingerprint density at radius 2 is 1.63 bits per heavy atom. The van der Waals surface area contributed by atoms with Crippen LogP contribution in [0.25, 0.3) is 0 Å². The van der Waals surface area contributed by atoms with Gasteiger partial charge in [0.25, 0.3) is 11.8 Å². The van der Waals surface area contributed by atoms with E-state index in [0.717, 1.165) is 12.5 Å². The van der Waals surface area contributed by atoms with Crippen molar-refractivity contribution in [1.82, 2.24) is 4.90 Å². The Morgan fingerprint density at radius 1 is 0.967 bits per heavy atom. The number of hydrogen-bond acceptors (Lipinski definition) is 3. The van der Waals surface area contributed by atoms with E-state index in [1.165, 1.54) is 19.1 Å². The maximum atomic E-state index is 13.9. The molecule has 0 aromatic heterocycles. The Labute approximate surface area is 175 Å². The number of para-hydroxylation sites is 1. The number of hydrogen-bond donors (Lipinski definition) is 2. The Hall–Kier alpha value is -3.22. The summed E-state index contributed by atoms with van der Waals surface area (Å²) in [6.07, 6.45) is 1.09. The van der Waals surface area contributed by atoms with E-state index in [0.29, 0.717) is 36.2 Å². The molecule has 6 nitrogen and oxygen atoms in total. The molecule has 0 saturated carbocycles. The molecule has 1 heterocycles. The number of anilines is 2. The zero-order chi connectivity index (χ0) is 21.8. The van der Waals surface area contributed by atoms with E-state index in [2.05, 4.69) is 24.5 Å². The highest BCUT2D eigenvalue weighted by atomic mass is 19.1. The zero-order valence-corrected chi connectivity index (χ0v) is 17.4. The van der Waals surface area contributed by atoms with E-state index < -0.39 is 17.6 Å². The summed E-state index contributed by atoms with van der Waals surface area (Å²) < 4.78 is 13.9. The van der Waals surface area contributed by atoms with E-state index >= 15 is 0 Å². The maximum absolute atomic E-state index is 13.9. The lowest BCUT2D eigenvalue weighted by Gasteiger charge is -2.35. The summed E-state index contributed by atoms with van der Waals surface area (Å²) in [6, 6.07) is 10.6. The predicted molar refractivity (Wildman–Crippen MR) is 114 cm³/mol. The molecule has 0 radical (unpaired) electrons. The second kappa shape index (κ2) is 9.07. The number of carbonyl (C=O) groups is 3. The highest BCUT2D eigenvalue weighted by molar-refractivity contribution is 6.09. The first-order chi connectivity index (χ1) is 14.2. The summed E-state index contributed by atoms with van der Waals surface area (Å²) in [6.45, 7) is 6.89. The summed E-state index contributed by atoms with van der Waals surface area (Å²) in [5.41, 5.74) is 0.901. The first-order valence-corrected chi connectivity index (χ1v) is 10.0. The molecule has 0 aliphatic carbocycles. The molecule has 2 atom stereocenters. The Morgan fingerprint density at radius 3 is 2.30 bits per heavy atom. The van der Waals surface area contributed by atoms with Crippen LogP contribution in [0.15, 0.2) is 42.5 Å². The van der Waals surface area contributed by atoms with Gasteiger partial charge in [0.2, 0.25) is 5.91 Å². The van der Waals surface area contributed by atoms with Crippen LogP contribution in [0.5, 0.6) is 0 Å². The number of amides is 3. The SMILES string of the molecule is CC(=O)Nc1cc(C(=O)Nc2ccccc2C(=O)N2CC(C)CC(C)C2)ccc1F. The molecular formula is C23H26FN3O3. The van der Waals surface area contributed by atoms with Gasteiger partial charge < -0.3 is 15.5 Å². The van der Waals surface area contributed by atoms with Crippen molar-refractivity contribution >= 4 is 29.1 Å². The van der Waals surface area contributed by atoms with E-state index in [9.17, 15) is 18.8 Å². The number of nitrogens with zero attached hydrogens (tertiary/aromatic N) is 1. The van der Waals surface area contributed by atoms with Crippen molar-refractivity contribution in [2.24, 2.45) is 11.8 Å². The number of halogens is 1. The lowest BCUT2D eigenvalue weighted by molar-refractivity contribution is -0.114. The van der Waals surface area contributed by atoms with Crippen molar-refractivity contribution in [2.45, 2.75) is 27.2 Å². The predicted octanol–water partition coefficient (Wildman–Crippen LogP) is 4.15. The van der Waals surface area contributed by atoms with Crippen LogP contribution in [0, 0.1) is 17.7 Å². The molecule has 1 fully saturated rings. The number of nitrogens with one attached hydrogen (secondary N) is 2. The van der Waals surface area contributed by atoms with Crippen molar-refractivity contribution in [3.8, 4) is 0 Å². The largest absolute Gasteiger partial charge is 0.338 e. The van der Waals surface area contributed by atoms with Gasteiger partial charge in [0.15, 0.2) is 0 Å². The Balaban J connectivity index is 1.82. The quantitative estimate of drug-likeness (QED) is 0.793. The average Bonchev–Trinajstić information content (AvgIpc) is 2.68. The van der Waals surface area contributed by atoms with E-state index in [1.54, 1.807) is 24.3 Å². The van der Waals surface area contributed by atoms with Crippen LogP contribution in [0.2, 0.25) is 0 Å². The van der Waals surface area contributed by atoms with Gasteiger partial charge in [-0.05, 0) is 48.6 Å². The molecule has 2 aromatic carbocycles. The van der Waals surface area contributed by atoms with E-state index in [-0.39, 0.29) is 17.2 Å². The average molecular weight is 411 g/mol. The molecule has 2 unspecified atom stereocenters. The first-order valence-electron chi connectivity index (χ1n) is 10.0. The van der Waals surface area contributed by atoms with Crippen LogP contribution in [0.4, 0.5) is 15.8 Å². The van der Waals surface area contributed by atoms with Gasteiger partial charge >= 0.3 is 0 Å². The molecule has 0 bridgehead atoms. The van der Waals surface area contributed by atoms with Crippen LogP contribution in [0.3, 0.4) is 0 Å². The van der Waals surface area contributed by atoms with Gasteiger partial charge in [-0.15, -0.1) is 0 Å². The maximum Gasteiger partial charge on any atom is 0.255 e. The molecule has 30 heavy (non-hydrogen) atoms. The van der Waals surface area contributed by atoms with Crippen LogP contribution in [0.1, 0.15) is 47.9 Å². The second-order valence-corrected chi connectivity index (χ2v) is 8.03. The minimum Gasteiger partial charge on any atom is -0.338 e. The smallest absolute Gasteiger partial charge is 0.255 e. The van der Waals surface area contributed by atoms with Gasteiger partial charge in [-0.2, -0.15) is 0 Å². The number of carbonyl (C=O) groups excluding carboxylic acids is 3. The number of rotatable bonds is 4. The summed E-state index contributed by atoms with van der Waals surface area (Å²) in [5, 5.41) is 5.11. The van der Waals surface area contributed by atoms with Crippen molar-refractivity contribution in [3.05, 3.63) is 59.4 Å². The molecule has 158 valence electrons. The standard InChI is InChI=1S/C23H26FN3O3/c1-14-10-15(2)13-27(12-14)23(30)18-6-4-5-7-20(18)26-22(29)17-8-9-19(24)21(11-17)25-16(3)28/h4-9,11,14-15H,10,12-13H2,1-3H3,(H,25,28)(H,26,29). The number of likely N-dealkylation sites (tertiary alicyclic amines) is 1. The van der Waals surface area contributed by atoms with Gasteiger partial charge in [-0.3, -0.25) is 14.4 Å². The van der Waals surface area contributed by atoms with Gasteiger partial charge in [-0.1, -0.05) is 26.0 Å². The first kappa shape index (κ1) is 21.5. The third-order valence-corrected chi connectivity index (χ3v) is 5.10. The van der Waals surface area contributed by atoms with E-state index in [1.807, 2.05) is 4.90 Å². The Bertz CT molecular complexity index is 966. The minimum absolute atomic E-state index is 0.0733. The third-order valence-electron chi connectivity index (χ3n) is 5.10. The molecule has 2 N–H and O–H groups in total. The van der Waals surface area contributed by atoms with Crippen LogP contribution < -0.4 is 10.6 Å². The van der Waals surface area contributed by atoms with Crippen molar-refractivity contribution in [2.75, 3.05) is 23.7 Å². The van der Waals surface area contributed by atoms with E-state index in [4.69, 9.17) is 0 Å². The number of benzene rings is 2. The molecule has 7 heteroatoms. The molecular weight excluding hydrogens is 385 g/mol. The summed E-state index contributed by atoms with van der Waals surface area (Å²) in [4.78, 5) is 38.9. The van der Waals surface area contributed by atoms with Crippen molar-refractivity contribution in [3.63, 3.8) is 0 Å². The van der Waals surface area contributed by atoms with Crippen molar-refractivity contribution in [1.29, 1.82) is 0 Å². The minimum atomic E-state index is -0.634. The van der Waals surface area contributed by atoms with Gasteiger partial charge in [0.1, 0.15) is 5.82 Å². The molecule has 1 aliphatic rings. The zero-order valence-electron chi connectivity index (χ0n) is 17.4. The Kier molecular flexibility index (Phi) is 6.50. The summed E-state index contributed by atoms with van der Waals surface area (Å²) in [5.74, 6) is -0.848. The fourth-order valence-electron chi connectivity index (χ4n) is 3.92. The fourth-order valence-corrected chi connectivity index (χ4v) is 3.92. The highest BCUT2D eigenvalue weighted by Gasteiger charge is 2.27. The summed E-state index contributed by atoms with van der Waals surface area (Å²) >= 11 is 0. The van der Waals surface area contributed by atoms with Crippen LogP contribution in [-0.2, 0) is 4.79 Å². The molecule has 3 amide bonds. The third kappa shape index (κ3) is 5.03. The van der Waals surface area contributed by atoms with Gasteiger partial charge in [0, 0.05) is 25.6 Å². The molecule has 3 rings (SSSR count). The molecule has 2 aromatic rings. The monoisotopic (exact) mass is 411 g/mol. The normalized spacial score (nSPS) is 18.6. The van der Waals surface area contributed by atoms with Crippen molar-refractivity contribution < 1.29 is 18.8 Å². The highest BCUT2D eigenvalue weighted by Crippen LogP contribution is 2.25. The molecule has 1 aliphatic heterocycles. The number of piperidine rings is 1. The van der Waals surface area contributed by atoms with Gasteiger partial charge in [0.05, 0.1) is 16.9 Å². The molecule has 0 spiro atoms. The van der Waals surface area contributed by atoms with Crippen LogP contribution >= 0.6 is 0 Å².